The Morgan fingerprint density at radius 2 is 2.08 bits per heavy atom. The Balaban J connectivity index is 0.00000338. The molecular formula is C18H29IN6O. The molecule has 0 aliphatic rings. The van der Waals surface area contributed by atoms with Crippen molar-refractivity contribution in [1.29, 1.82) is 0 Å². The molecule has 0 amide bonds. The normalized spacial score (nSPS) is 11.0. The summed E-state index contributed by atoms with van der Waals surface area (Å²) < 4.78 is 7.24. The molecule has 8 heteroatoms. The van der Waals surface area contributed by atoms with E-state index in [1.165, 1.54) is 0 Å². The fraction of sp³-hybridized carbons (Fsp3) is 0.500. The van der Waals surface area contributed by atoms with Gasteiger partial charge in [-0.25, -0.2) is 4.99 Å². The lowest BCUT2D eigenvalue weighted by atomic mass is 10.2. The molecule has 7 nitrogen and oxygen atoms in total. The summed E-state index contributed by atoms with van der Waals surface area (Å²) in [5.41, 5.74) is 1.10. The lowest BCUT2D eigenvalue weighted by Crippen LogP contribution is -2.38. The van der Waals surface area contributed by atoms with Crippen LogP contribution in [-0.4, -0.2) is 34.4 Å². The SMILES string of the molecule is CCCCNC(=NCc1cccc(OC)c1)NCc1nnc(C)n1C.I. The molecule has 0 saturated carbocycles. The van der Waals surface area contributed by atoms with Crippen molar-refractivity contribution < 1.29 is 4.74 Å². The van der Waals surface area contributed by atoms with E-state index < -0.39 is 0 Å². The van der Waals surface area contributed by atoms with Gasteiger partial charge in [0.25, 0.3) is 0 Å². The number of aliphatic imine (C=N–C) groups is 1. The number of nitrogens with zero attached hydrogens (tertiary/aromatic N) is 4. The number of guanidine groups is 1. The third kappa shape index (κ3) is 6.81. The first-order chi connectivity index (χ1) is 12.1. The zero-order chi connectivity index (χ0) is 18.1. The molecule has 0 unspecified atom stereocenters. The first-order valence-corrected chi connectivity index (χ1v) is 8.64. The van der Waals surface area contributed by atoms with Crippen molar-refractivity contribution in [1.82, 2.24) is 25.4 Å². The largest absolute Gasteiger partial charge is 0.497 e. The highest BCUT2D eigenvalue weighted by atomic mass is 127. The second-order valence-corrected chi connectivity index (χ2v) is 5.87. The summed E-state index contributed by atoms with van der Waals surface area (Å²) in [6, 6.07) is 7.95. The molecule has 1 heterocycles. The number of aromatic nitrogens is 3. The van der Waals surface area contributed by atoms with Crippen molar-refractivity contribution >= 4 is 29.9 Å². The second kappa shape index (κ2) is 11.7. The van der Waals surface area contributed by atoms with Crippen LogP contribution in [0.4, 0.5) is 0 Å². The van der Waals surface area contributed by atoms with Crippen molar-refractivity contribution in [3.8, 4) is 5.75 Å². The van der Waals surface area contributed by atoms with Crippen molar-refractivity contribution in [2.75, 3.05) is 13.7 Å². The van der Waals surface area contributed by atoms with E-state index >= 15 is 0 Å². The van der Waals surface area contributed by atoms with Crippen LogP contribution >= 0.6 is 24.0 Å². The maximum Gasteiger partial charge on any atom is 0.191 e. The van der Waals surface area contributed by atoms with Crippen molar-refractivity contribution in [2.24, 2.45) is 12.0 Å². The fourth-order valence-electron chi connectivity index (χ4n) is 2.27. The maximum atomic E-state index is 5.26. The molecule has 1 aromatic carbocycles. The minimum Gasteiger partial charge on any atom is -0.497 e. The fourth-order valence-corrected chi connectivity index (χ4v) is 2.27. The van der Waals surface area contributed by atoms with E-state index in [-0.39, 0.29) is 24.0 Å². The van der Waals surface area contributed by atoms with Gasteiger partial charge in [-0.3, -0.25) is 0 Å². The van der Waals surface area contributed by atoms with E-state index in [2.05, 4.69) is 32.7 Å². The van der Waals surface area contributed by atoms with Crippen LogP contribution in [0.1, 0.15) is 37.0 Å². The van der Waals surface area contributed by atoms with E-state index in [4.69, 9.17) is 4.74 Å². The Morgan fingerprint density at radius 3 is 2.73 bits per heavy atom. The van der Waals surface area contributed by atoms with Crippen LogP contribution in [0.25, 0.3) is 0 Å². The molecule has 0 bridgehead atoms. The molecule has 1 aromatic heterocycles. The smallest absolute Gasteiger partial charge is 0.191 e. The summed E-state index contributed by atoms with van der Waals surface area (Å²) in [7, 11) is 3.63. The molecule has 26 heavy (non-hydrogen) atoms. The number of hydrogen-bond acceptors (Lipinski definition) is 4. The molecule has 0 saturated heterocycles. The number of aryl methyl sites for hydroxylation is 1. The highest BCUT2D eigenvalue weighted by molar-refractivity contribution is 14.0. The van der Waals surface area contributed by atoms with Gasteiger partial charge in [0, 0.05) is 13.6 Å². The van der Waals surface area contributed by atoms with Gasteiger partial charge in [0.15, 0.2) is 11.8 Å². The first kappa shape index (κ1) is 22.2. The summed E-state index contributed by atoms with van der Waals surface area (Å²) in [6.45, 7) is 6.15. The number of nitrogens with one attached hydrogen (secondary N) is 2. The van der Waals surface area contributed by atoms with Crippen molar-refractivity contribution in [3.63, 3.8) is 0 Å². The lowest BCUT2D eigenvalue weighted by Gasteiger charge is -2.12. The molecule has 0 atom stereocenters. The summed E-state index contributed by atoms with van der Waals surface area (Å²) in [5, 5.41) is 15.0. The number of halogens is 1. The monoisotopic (exact) mass is 472 g/mol. The third-order valence-electron chi connectivity index (χ3n) is 3.97. The average molecular weight is 472 g/mol. The highest BCUT2D eigenvalue weighted by Gasteiger charge is 2.06. The molecule has 0 spiro atoms. The van der Waals surface area contributed by atoms with Gasteiger partial charge in [-0.05, 0) is 31.0 Å². The number of rotatable bonds is 8. The molecule has 0 aliphatic carbocycles. The predicted molar refractivity (Wildman–Crippen MR) is 115 cm³/mol. The summed E-state index contributed by atoms with van der Waals surface area (Å²) in [5.74, 6) is 3.39. The van der Waals surface area contributed by atoms with Gasteiger partial charge in [0.2, 0.25) is 0 Å². The summed E-state index contributed by atoms with van der Waals surface area (Å²) in [4.78, 5) is 4.67. The molecule has 0 radical (unpaired) electrons. The van der Waals surface area contributed by atoms with Crippen molar-refractivity contribution in [2.45, 2.75) is 39.8 Å². The quantitative estimate of drug-likeness (QED) is 0.268. The molecule has 2 aromatic rings. The van der Waals surface area contributed by atoms with E-state index in [1.54, 1.807) is 7.11 Å². The van der Waals surface area contributed by atoms with Gasteiger partial charge in [-0.15, -0.1) is 34.2 Å². The molecule has 2 rings (SSSR count). The molecule has 0 fully saturated rings. The highest BCUT2D eigenvalue weighted by Crippen LogP contribution is 2.13. The summed E-state index contributed by atoms with van der Waals surface area (Å²) in [6.07, 6.45) is 2.24. The predicted octanol–water partition coefficient (Wildman–Crippen LogP) is 2.79. The van der Waals surface area contributed by atoms with Crippen LogP contribution in [0.15, 0.2) is 29.3 Å². The number of benzene rings is 1. The minimum absolute atomic E-state index is 0. The summed E-state index contributed by atoms with van der Waals surface area (Å²) >= 11 is 0. The van der Waals surface area contributed by atoms with Crippen molar-refractivity contribution in [3.05, 3.63) is 41.5 Å². The lowest BCUT2D eigenvalue weighted by molar-refractivity contribution is 0.414. The Labute approximate surface area is 172 Å². The Kier molecular flexibility index (Phi) is 10.0. The van der Waals surface area contributed by atoms with E-state index in [0.29, 0.717) is 13.1 Å². The van der Waals surface area contributed by atoms with E-state index in [9.17, 15) is 0 Å². The van der Waals surface area contributed by atoms with E-state index in [1.807, 2.05) is 42.8 Å². The van der Waals surface area contributed by atoms with E-state index in [0.717, 1.165) is 48.3 Å². The molecule has 144 valence electrons. The standard InChI is InChI=1S/C18H28N6O.HI/c1-5-6-10-19-18(21-13-17-23-22-14(2)24(17)3)20-12-15-8-7-9-16(11-15)25-4;/h7-9,11H,5-6,10,12-13H2,1-4H3,(H2,19,20,21);1H. The first-order valence-electron chi connectivity index (χ1n) is 8.64. The van der Waals surface area contributed by atoms with Gasteiger partial charge in [-0.1, -0.05) is 25.5 Å². The Morgan fingerprint density at radius 1 is 1.27 bits per heavy atom. The van der Waals surface area contributed by atoms with Gasteiger partial charge in [0.05, 0.1) is 20.2 Å². The van der Waals surface area contributed by atoms with Crippen LogP contribution < -0.4 is 15.4 Å². The topological polar surface area (TPSA) is 76.4 Å². The van der Waals surface area contributed by atoms with Crippen LogP contribution in [0.5, 0.6) is 5.75 Å². The zero-order valence-electron chi connectivity index (χ0n) is 16.0. The number of ether oxygens (including phenoxy) is 1. The number of hydrogen-bond donors (Lipinski definition) is 2. The zero-order valence-corrected chi connectivity index (χ0v) is 18.3. The van der Waals surface area contributed by atoms with Crippen LogP contribution in [0.3, 0.4) is 0 Å². The molecule has 0 aliphatic heterocycles. The third-order valence-corrected chi connectivity index (χ3v) is 3.97. The number of unbranched alkanes of at least 4 members (excludes halogenated alkanes) is 1. The molecule has 2 N–H and O–H groups in total. The van der Waals surface area contributed by atoms with Gasteiger partial charge < -0.3 is 19.9 Å². The second-order valence-electron chi connectivity index (χ2n) is 5.87. The number of methoxy groups -OCH3 is 1. The van der Waals surface area contributed by atoms with Crippen LogP contribution in [0.2, 0.25) is 0 Å². The Hall–Kier alpha value is -1.84. The molecular weight excluding hydrogens is 443 g/mol. The average Bonchev–Trinajstić information content (AvgIpc) is 2.95. The van der Waals surface area contributed by atoms with Crippen LogP contribution in [0, 0.1) is 6.92 Å². The maximum absolute atomic E-state index is 5.26. The van der Waals surface area contributed by atoms with Gasteiger partial charge in [0.1, 0.15) is 11.6 Å². The van der Waals surface area contributed by atoms with Gasteiger partial charge in [-0.2, -0.15) is 0 Å². The Bertz CT molecular complexity index is 701. The van der Waals surface area contributed by atoms with Gasteiger partial charge >= 0.3 is 0 Å². The minimum atomic E-state index is 0. The van der Waals surface area contributed by atoms with Crippen LogP contribution in [-0.2, 0) is 20.1 Å².